The van der Waals surface area contributed by atoms with E-state index in [-0.39, 0.29) is 5.15 Å². The number of amides is 3. The van der Waals surface area contributed by atoms with Crippen molar-refractivity contribution in [3.63, 3.8) is 0 Å². The van der Waals surface area contributed by atoms with E-state index in [4.69, 9.17) is 17.3 Å². The SMILES string of the molecule is C[C@H](Sc1ccc(Cl)nn1)C(=O)NC(N)=O. The summed E-state index contributed by atoms with van der Waals surface area (Å²) in [6.07, 6.45) is 0. The van der Waals surface area contributed by atoms with Crippen LogP contribution >= 0.6 is 23.4 Å². The number of urea groups is 1. The van der Waals surface area contributed by atoms with E-state index in [1.807, 2.05) is 5.32 Å². The van der Waals surface area contributed by atoms with Crippen molar-refractivity contribution in [2.45, 2.75) is 17.2 Å². The Kier molecular flexibility index (Phi) is 4.51. The number of nitrogens with two attached hydrogens (primary N) is 1. The van der Waals surface area contributed by atoms with Crippen molar-refractivity contribution in [3.05, 3.63) is 17.3 Å². The first-order valence-corrected chi connectivity index (χ1v) is 5.51. The van der Waals surface area contributed by atoms with Gasteiger partial charge in [-0.3, -0.25) is 10.1 Å². The van der Waals surface area contributed by atoms with Crippen molar-refractivity contribution in [1.82, 2.24) is 15.5 Å². The Labute approximate surface area is 101 Å². The van der Waals surface area contributed by atoms with Crippen LogP contribution in [0.3, 0.4) is 0 Å². The van der Waals surface area contributed by atoms with Gasteiger partial charge < -0.3 is 5.73 Å². The van der Waals surface area contributed by atoms with E-state index in [1.54, 1.807) is 19.1 Å². The topological polar surface area (TPSA) is 98.0 Å². The number of halogens is 1. The third-order valence-electron chi connectivity index (χ3n) is 1.52. The van der Waals surface area contributed by atoms with Gasteiger partial charge in [0.1, 0.15) is 5.03 Å². The number of aromatic nitrogens is 2. The highest BCUT2D eigenvalue weighted by Crippen LogP contribution is 2.20. The van der Waals surface area contributed by atoms with Gasteiger partial charge in [-0.15, -0.1) is 10.2 Å². The van der Waals surface area contributed by atoms with E-state index in [1.165, 1.54) is 0 Å². The van der Waals surface area contributed by atoms with Crippen molar-refractivity contribution in [1.29, 1.82) is 0 Å². The molecule has 0 aromatic carbocycles. The molecule has 0 saturated carbocycles. The number of carbonyl (C=O) groups excluding carboxylic acids is 2. The van der Waals surface area contributed by atoms with E-state index in [0.717, 1.165) is 11.8 Å². The van der Waals surface area contributed by atoms with Gasteiger partial charge in [-0.25, -0.2) is 4.79 Å². The van der Waals surface area contributed by atoms with Gasteiger partial charge in [-0.1, -0.05) is 23.4 Å². The second-order valence-electron chi connectivity index (χ2n) is 2.81. The standard InChI is InChI=1S/C8H9ClN4O2S/c1-4(7(14)11-8(10)15)16-6-3-2-5(9)12-13-6/h2-4H,1H3,(H3,10,11,14,15)/t4-/m0/s1. The normalized spacial score (nSPS) is 11.9. The third-order valence-corrected chi connectivity index (χ3v) is 2.75. The zero-order chi connectivity index (χ0) is 12.1. The van der Waals surface area contributed by atoms with Crippen LogP contribution in [0, 0.1) is 0 Å². The molecule has 0 bridgehead atoms. The number of rotatable bonds is 3. The zero-order valence-corrected chi connectivity index (χ0v) is 9.88. The van der Waals surface area contributed by atoms with Crippen molar-refractivity contribution in [3.8, 4) is 0 Å². The van der Waals surface area contributed by atoms with Gasteiger partial charge in [0.15, 0.2) is 5.15 Å². The second kappa shape index (κ2) is 5.66. The van der Waals surface area contributed by atoms with Gasteiger partial charge in [0.25, 0.3) is 0 Å². The smallest absolute Gasteiger partial charge is 0.318 e. The van der Waals surface area contributed by atoms with E-state index in [9.17, 15) is 9.59 Å². The summed E-state index contributed by atoms with van der Waals surface area (Å²) in [4.78, 5) is 21.8. The monoisotopic (exact) mass is 260 g/mol. The lowest BCUT2D eigenvalue weighted by atomic mass is 10.4. The predicted molar refractivity (Wildman–Crippen MR) is 60.1 cm³/mol. The summed E-state index contributed by atoms with van der Waals surface area (Å²) in [5.41, 5.74) is 4.82. The third kappa shape index (κ3) is 4.03. The Morgan fingerprint density at radius 2 is 2.19 bits per heavy atom. The number of imide groups is 1. The van der Waals surface area contributed by atoms with Crippen LogP contribution in [-0.2, 0) is 4.79 Å². The molecule has 3 N–H and O–H groups in total. The molecule has 1 aromatic heterocycles. The molecule has 16 heavy (non-hydrogen) atoms. The van der Waals surface area contributed by atoms with Gasteiger partial charge in [-0.05, 0) is 19.1 Å². The first-order valence-electron chi connectivity index (χ1n) is 4.25. The van der Waals surface area contributed by atoms with Crippen LogP contribution in [0.25, 0.3) is 0 Å². The van der Waals surface area contributed by atoms with Gasteiger partial charge in [0.2, 0.25) is 5.91 Å². The maximum Gasteiger partial charge on any atom is 0.318 e. The quantitative estimate of drug-likeness (QED) is 0.784. The van der Waals surface area contributed by atoms with Gasteiger partial charge >= 0.3 is 6.03 Å². The van der Waals surface area contributed by atoms with E-state index >= 15 is 0 Å². The highest BCUT2D eigenvalue weighted by molar-refractivity contribution is 8.00. The van der Waals surface area contributed by atoms with Crippen LogP contribution in [0.1, 0.15) is 6.92 Å². The van der Waals surface area contributed by atoms with Gasteiger partial charge in [0, 0.05) is 0 Å². The Hall–Kier alpha value is -1.34. The number of hydrogen-bond donors (Lipinski definition) is 2. The number of nitrogens with one attached hydrogen (secondary N) is 1. The lowest BCUT2D eigenvalue weighted by Crippen LogP contribution is -2.39. The summed E-state index contributed by atoms with van der Waals surface area (Å²) in [7, 11) is 0. The van der Waals surface area contributed by atoms with Gasteiger partial charge in [0.05, 0.1) is 5.25 Å². The molecule has 0 unspecified atom stereocenters. The molecular formula is C8H9ClN4O2S. The van der Waals surface area contributed by atoms with Crippen LogP contribution in [0.15, 0.2) is 17.2 Å². The van der Waals surface area contributed by atoms with Crippen molar-refractivity contribution in [2.75, 3.05) is 0 Å². The molecule has 0 radical (unpaired) electrons. The molecule has 1 aromatic rings. The van der Waals surface area contributed by atoms with Crippen LogP contribution in [0.4, 0.5) is 4.79 Å². The number of hydrogen-bond acceptors (Lipinski definition) is 5. The lowest BCUT2D eigenvalue weighted by Gasteiger charge is -2.08. The molecule has 3 amide bonds. The number of thioether (sulfide) groups is 1. The zero-order valence-electron chi connectivity index (χ0n) is 8.31. The Bertz CT molecular complexity index is 398. The van der Waals surface area contributed by atoms with E-state index in [0.29, 0.717) is 5.03 Å². The highest BCUT2D eigenvalue weighted by atomic mass is 35.5. The molecule has 86 valence electrons. The molecule has 1 rings (SSSR count). The number of carbonyl (C=O) groups is 2. The molecule has 1 atom stereocenters. The Balaban J connectivity index is 2.57. The van der Waals surface area contributed by atoms with Crippen LogP contribution in [0.2, 0.25) is 5.15 Å². The molecule has 0 aliphatic rings. The molecule has 6 nitrogen and oxygen atoms in total. The first kappa shape index (κ1) is 12.7. The molecule has 1 heterocycles. The molecule has 0 aliphatic carbocycles. The number of nitrogens with zero attached hydrogens (tertiary/aromatic N) is 2. The lowest BCUT2D eigenvalue weighted by molar-refractivity contribution is -0.119. The van der Waals surface area contributed by atoms with E-state index in [2.05, 4.69) is 10.2 Å². The summed E-state index contributed by atoms with van der Waals surface area (Å²) >= 11 is 6.71. The second-order valence-corrected chi connectivity index (χ2v) is 4.56. The minimum atomic E-state index is -0.875. The molecule has 0 spiro atoms. The van der Waals surface area contributed by atoms with E-state index < -0.39 is 17.2 Å². The largest absolute Gasteiger partial charge is 0.351 e. The van der Waals surface area contributed by atoms with Crippen molar-refractivity contribution < 1.29 is 9.59 Å². The maximum absolute atomic E-state index is 11.3. The summed E-state index contributed by atoms with van der Waals surface area (Å²) in [5, 5.41) is 9.69. The molecule has 0 aliphatic heterocycles. The van der Waals surface area contributed by atoms with Crippen LogP contribution in [0.5, 0.6) is 0 Å². The van der Waals surface area contributed by atoms with Crippen LogP contribution in [-0.4, -0.2) is 27.4 Å². The average Bonchev–Trinajstić information content (AvgIpc) is 2.20. The summed E-state index contributed by atoms with van der Waals surface area (Å²) in [5.74, 6) is -0.478. The van der Waals surface area contributed by atoms with Crippen molar-refractivity contribution in [2.24, 2.45) is 5.73 Å². The Morgan fingerprint density at radius 3 is 2.69 bits per heavy atom. The molecule has 8 heteroatoms. The fourth-order valence-corrected chi connectivity index (χ4v) is 1.69. The fraction of sp³-hybridized carbons (Fsp3) is 0.250. The fourth-order valence-electron chi connectivity index (χ4n) is 0.824. The number of primary amides is 1. The Morgan fingerprint density at radius 1 is 1.50 bits per heavy atom. The first-order chi connectivity index (χ1) is 7.49. The minimum absolute atomic E-state index is 0.276. The summed E-state index contributed by atoms with van der Waals surface area (Å²) in [6, 6.07) is 2.32. The predicted octanol–water partition coefficient (Wildman–Crippen LogP) is 0.805. The highest BCUT2D eigenvalue weighted by Gasteiger charge is 2.16. The minimum Gasteiger partial charge on any atom is -0.351 e. The maximum atomic E-state index is 11.3. The molecule has 0 saturated heterocycles. The van der Waals surface area contributed by atoms with Gasteiger partial charge in [-0.2, -0.15) is 0 Å². The molecular weight excluding hydrogens is 252 g/mol. The molecule has 0 fully saturated rings. The summed E-state index contributed by atoms with van der Waals surface area (Å²) in [6.45, 7) is 1.62. The van der Waals surface area contributed by atoms with Crippen LogP contribution < -0.4 is 11.1 Å². The summed E-state index contributed by atoms with van der Waals surface area (Å²) < 4.78 is 0. The average molecular weight is 261 g/mol. The van der Waals surface area contributed by atoms with Crippen molar-refractivity contribution >= 4 is 35.3 Å².